The molecule has 0 aliphatic carbocycles. The minimum Gasteiger partial charge on any atom is -0.493 e. The Labute approximate surface area is 198 Å². The number of aromatic nitrogens is 1. The maximum atomic E-state index is 12.3. The number of thiazole rings is 1. The van der Waals surface area contributed by atoms with Gasteiger partial charge in [0, 0.05) is 31.1 Å². The van der Waals surface area contributed by atoms with Crippen molar-refractivity contribution in [2.45, 2.75) is 19.5 Å². The van der Waals surface area contributed by atoms with E-state index in [9.17, 15) is 4.79 Å². The fourth-order valence-corrected chi connectivity index (χ4v) is 4.34. The summed E-state index contributed by atoms with van der Waals surface area (Å²) in [5.41, 5.74) is 4.64. The quantitative estimate of drug-likeness (QED) is 0.502. The van der Waals surface area contributed by atoms with Crippen LogP contribution in [0.25, 0.3) is 6.08 Å². The zero-order chi connectivity index (χ0) is 21.6. The third kappa shape index (κ3) is 5.88. The second kappa shape index (κ2) is 11.1. The molecule has 1 aromatic heterocycles. The number of rotatable bonds is 7. The minimum atomic E-state index is -0.220. The van der Waals surface area contributed by atoms with Crippen molar-refractivity contribution in [3.8, 4) is 11.5 Å². The van der Waals surface area contributed by atoms with Gasteiger partial charge < -0.3 is 9.47 Å². The lowest BCUT2D eigenvalue weighted by atomic mass is 10.00. The van der Waals surface area contributed by atoms with E-state index in [4.69, 9.17) is 9.47 Å². The van der Waals surface area contributed by atoms with Crippen LogP contribution in [0.3, 0.4) is 0 Å². The number of hydrogen-bond acceptors (Lipinski definition) is 6. The van der Waals surface area contributed by atoms with Gasteiger partial charge in [0.15, 0.2) is 16.6 Å². The highest BCUT2D eigenvalue weighted by Crippen LogP contribution is 2.28. The number of carbonyl (C=O) groups excluding carboxylic acids is 1. The van der Waals surface area contributed by atoms with E-state index in [1.807, 2.05) is 23.6 Å². The van der Waals surface area contributed by atoms with Crippen LogP contribution in [0.5, 0.6) is 11.5 Å². The van der Waals surface area contributed by atoms with Gasteiger partial charge in [-0.1, -0.05) is 30.3 Å². The van der Waals surface area contributed by atoms with Gasteiger partial charge in [0.05, 0.1) is 19.9 Å². The SMILES string of the molecule is COc1ccc(C=CC(=O)Nc2nc(CN3CCc4ccccc4C3)cs2)cc1OC.Cl. The largest absolute Gasteiger partial charge is 0.493 e. The minimum absolute atomic E-state index is 0. The highest BCUT2D eigenvalue weighted by molar-refractivity contribution is 7.13. The molecule has 0 saturated carbocycles. The first-order valence-corrected chi connectivity index (χ1v) is 11.0. The van der Waals surface area contributed by atoms with Gasteiger partial charge in [-0.05, 0) is 41.3 Å². The smallest absolute Gasteiger partial charge is 0.250 e. The molecule has 0 fully saturated rings. The molecule has 3 aromatic rings. The van der Waals surface area contributed by atoms with Gasteiger partial charge in [-0.25, -0.2) is 4.98 Å². The zero-order valence-corrected chi connectivity index (χ0v) is 19.7. The molecular weight excluding hydrogens is 446 g/mol. The zero-order valence-electron chi connectivity index (χ0n) is 18.0. The Morgan fingerprint density at radius 2 is 1.94 bits per heavy atom. The molecule has 8 heteroatoms. The molecule has 168 valence electrons. The molecule has 2 heterocycles. The van der Waals surface area contributed by atoms with Crippen LogP contribution in [0, 0.1) is 0 Å². The average Bonchev–Trinajstić information content (AvgIpc) is 3.23. The topological polar surface area (TPSA) is 63.7 Å². The first-order chi connectivity index (χ1) is 15.1. The van der Waals surface area contributed by atoms with E-state index in [2.05, 4.69) is 39.5 Å². The van der Waals surface area contributed by atoms with Crippen molar-refractivity contribution in [2.75, 3.05) is 26.1 Å². The summed E-state index contributed by atoms with van der Waals surface area (Å²) >= 11 is 1.44. The number of nitrogens with zero attached hydrogens (tertiary/aromatic N) is 2. The van der Waals surface area contributed by atoms with Crippen LogP contribution in [0.15, 0.2) is 53.9 Å². The molecule has 0 unspecified atom stereocenters. The van der Waals surface area contributed by atoms with Gasteiger partial charge in [0.1, 0.15) is 0 Å². The van der Waals surface area contributed by atoms with Gasteiger partial charge >= 0.3 is 0 Å². The lowest BCUT2D eigenvalue weighted by Gasteiger charge is -2.27. The third-order valence-electron chi connectivity index (χ3n) is 5.21. The van der Waals surface area contributed by atoms with Crippen LogP contribution < -0.4 is 14.8 Å². The van der Waals surface area contributed by atoms with Gasteiger partial charge in [-0.15, -0.1) is 23.7 Å². The first kappa shape index (κ1) is 23.8. The lowest BCUT2D eigenvalue weighted by Crippen LogP contribution is -2.30. The second-order valence-corrected chi connectivity index (χ2v) is 8.17. The number of anilines is 1. The van der Waals surface area contributed by atoms with Gasteiger partial charge in [0.25, 0.3) is 0 Å². The number of methoxy groups -OCH3 is 2. The van der Waals surface area contributed by atoms with E-state index in [1.54, 1.807) is 20.3 Å². The van der Waals surface area contributed by atoms with Gasteiger partial charge in [-0.3, -0.25) is 15.0 Å². The van der Waals surface area contributed by atoms with E-state index in [-0.39, 0.29) is 18.3 Å². The maximum Gasteiger partial charge on any atom is 0.250 e. The number of amides is 1. The van der Waals surface area contributed by atoms with Crippen molar-refractivity contribution in [3.63, 3.8) is 0 Å². The number of nitrogens with one attached hydrogen (secondary N) is 1. The summed E-state index contributed by atoms with van der Waals surface area (Å²) in [6.07, 6.45) is 4.28. The molecule has 1 amide bonds. The first-order valence-electron chi connectivity index (χ1n) is 10.1. The average molecular weight is 472 g/mol. The number of hydrogen-bond donors (Lipinski definition) is 1. The number of fused-ring (bicyclic) bond motifs is 1. The molecule has 6 nitrogen and oxygen atoms in total. The molecule has 0 saturated heterocycles. The molecule has 1 aliphatic heterocycles. The molecule has 1 aliphatic rings. The summed E-state index contributed by atoms with van der Waals surface area (Å²) in [5.74, 6) is 1.05. The molecule has 1 N–H and O–H groups in total. The molecule has 2 aromatic carbocycles. The number of benzene rings is 2. The van der Waals surface area contributed by atoms with Crippen molar-refractivity contribution in [2.24, 2.45) is 0 Å². The Kier molecular flexibility index (Phi) is 8.27. The summed E-state index contributed by atoms with van der Waals surface area (Å²) in [7, 11) is 3.17. The fourth-order valence-electron chi connectivity index (χ4n) is 3.63. The van der Waals surface area contributed by atoms with Crippen LogP contribution >= 0.6 is 23.7 Å². The Balaban J connectivity index is 0.00000289. The Morgan fingerprint density at radius 3 is 2.72 bits per heavy atom. The van der Waals surface area contributed by atoms with E-state index in [0.717, 1.165) is 37.3 Å². The normalized spacial score (nSPS) is 13.3. The van der Waals surface area contributed by atoms with E-state index >= 15 is 0 Å². The molecule has 0 bridgehead atoms. The van der Waals surface area contributed by atoms with Crippen molar-refractivity contribution in [1.82, 2.24) is 9.88 Å². The van der Waals surface area contributed by atoms with E-state index < -0.39 is 0 Å². The molecule has 32 heavy (non-hydrogen) atoms. The Morgan fingerprint density at radius 1 is 1.16 bits per heavy atom. The third-order valence-corrected chi connectivity index (χ3v) is 6.02. The summed E-state index contributed by atoms with van der Waals surface area (Å²) in [4.78, 5) is 19.3. The highest BCUT2D eigenvalue weighted by atomic mass is 35.5. The molecule has 4 rings (SSSR count). The monoisotopic (exact) mass is 471 g/mol. The molecule has 0 atom stereocenters. The van der Waals surface area contributed by atoms with Gasteiger partial charge in [0.2, 0.25) is 5.91 Å². The van der Waals surface area contributed by atoms with E-state index in [0.29, 0.717) is 16.6 Å². The van der Waals surface area contributed by atoms with Gasteiger partial charge in [-0.2, -0.15) is 0 Å². The summed E-state index contributed by atoms with van der Waals surface area (Å²) in [5, 5.41) is 5.46. The summed E-state index contributed by atoms with van der Waals surface area (Å²) in [6, 6.07) is 14.1. The highest BCUT2D eigenvalue weighted by Gasteiger charge is 2.17. The Bertz CT molecular complexity index is 1100. The standard InChI is InChI=1S/C24H25N3O3S.ClH/c1-29-21-9-7-17(13-22(21)30-2)8-10-23(28)26-24-25-20(16-31-24)15-27-12-11-18-5-3-4-6-19(18)14-27;/h3-10,13,16H,11-12,14-15H2,1-2H3,(H,25,26,28);1H. The van der Waals surface area contributed by atoms with Crippen molar-refractivity contribution >= 4 is 40.9 Å². The number of halogens is 1. The number of ether oxygens (including phenoxy) is 2. The lowest BCUT2D eigenvalue weighted by molar-refractivity contribution is -0.111. The predicted molar refractivity (Wildman–Crippen MR) is 131 cm³/mol. The predicted octanol–water partition coefficient (Wildman–Crippen LogP) is 4.79. The second-order valence-electron chi connectivity index (χ2n) is 7.31. The van der Waals surface area contributed by atoms with Crippen LogP contribution in [0.1, 0.15) is 22.4 Å². The fraction of sp³-hybridized carbons (Fsp3) is 0.250. The molecular formula is C24H26ClN3O3S. The van der Waals surface area contributed by atoms with Crippen molar-refractivity contribution in [3.05, 3.63) is 76.3 Å². The van der Waals surface area contributed by atoms with Crippen LogP contribution in [0.2, 0.25) is 0 Å². The Hall–Kier alpha value is -2.87. The van der Waals surface area contributed by atoms with Crippen molar-refractivity contribution < 1.29 is 14.3 Å². The van der Waals surface area contributed by atoms with Crippen molar-refractivity contribution in [1.29, 1.82) is 0 Å². The summed E-state index contributed by atoms with van der Waals surface area (Å²) in [6.45, 7) is 2.73. The maximum absolute atomic E-state index is 12.3. The van der Waals surface area contributed by atoms with Crippen LogP contribution in [-0.2, 0) is 24.3 Å². The summed E-state index contributed by atoms with van der Waals surface area (Å²) < 4.78 is 10.5. The molecule has 0 spiro atoms. The van der Waals surface area contributed by atoms with Crippen LogP contribution in [-0.4, -0.2) is 36.6 Å². The molecule has 0 radical (unpaired) electrons. The van der Waals surface area contributed by atoms with Crippen LogP contribution in [0.4, 0.5) is 5.13 Å². The van der Waals surface area contributed by atoms with E-state index in [1.165, 1.54) is 28.5 Å². The number of carbonyl (C=O) groups is 1.